The maximum Gasteiger partial charge on any atom is 0.125 e. The Bertz CT molecular complexity index is 1090. The smallest absolute Gasteiger partial charge is 0.125 e. The van der Waals surface area contributed by atoms with Gasteiger partial charge in [-0.2, -0.15) is 0 Å². The van der Waals surface area contributed by atoms with Gasteiger partial charge in [-0.25, -0.2) is 8.93 Å². The summed E-state index contributed by atoms with van der Waals surface area (Å²) in [6, 6.07) is 32.9. The second-order valence-electron chi connectivity index (χ2n) is 7.01. The predicted octanol–water partition coefficient (Wildman–Crippen LogP) is 5.74. The molecule has 0 radical (unpaired) electrons. The van der Waals surface area contributed by atoms with Crippen molar-refractivity contribution in [2.45, 2.75) is 24.3 Å². The molecule has 0 aliphatic rings. The van der Waals surface area contributed by atoms with Crippen molar-refractivity contribution in [3.8, 4) is 0 Å². The van der Waals surface area contributed by atoms with Crippen molar-refractivity contribution in [2.24, 2.45) is 0 Å². The molecule has 3 heteroatoms. The third kappa shape index (κ3) is 4.22. The molecule has 0 aliphatic heterocycles. The fourth-order valence-corrected chi connectivity index (χ4v) is 4.47. The predicted molar refractivity (Wildman–Crippen MR) is 118 cm³/mol. The third-order valence-electron chi connectivity index (χ3n) is 4.97. The van der Waals surface area contributed by atoms with E-state index in [-0.39, 0.29) is 6.04 Å². The van der Waals surface area contributed by atoms with Crippen LogP contribution in [0, 0.1) is 6.92 Å². The lowest BCUT2D eigenvalue weighted by molar-refractivity contribution is 0.627. The fourth-order valence-electron chi connectivity index (χ4n) is 3.48. The van der Waals surface area contributed by atoms with Crippen molar-refractivity contribution in [1.29, 1.82) is 0 Å². The quantitative estimate of drug-likeness (QED) is 0.450. The second kappa shape index (κ2) is 8.51. The highest BCUT2D eigenvalue weighted by atomic mass is 32.2. The van der Waals surface area contributed by atoms with Gasteiger partial charge >= 0.3 is 0 Å². The Labute approximate surface area is 168 Å². The molecule has 0 aliphatic carbocycles. The lowest BCUT2D eigenvalue weighted by Crippen LogP contribution is -2.26. The van der Waals surface area contributed by atoms with Crippen LogP contribution in [0.3, 0.4) is 0 Å². The first-order valence-corrected chi connectivity index (χ1v) is 10.6. The maximum atomic E-state index is 13.1. The fraction of sp³-hybridized carbons (Fsp3) is 0.120. The minimum Gasteiger partial charge on any atom is -0.237 e. The summed E-state index contributed by atoms with van der Waals surface area (Å²) in [4.78, 5) is 0.795. The summed E-state index contributed by atoms with van der Waals surface area (Å²) in [6.07, 6.45) is 0.770. The van der Waals surface area contributed by atoms with Gasteiger partial charge in [0.1, 0.15) is 11.0 Å². The van der Waals surface area contributed by atoms with Gasteiger partial charge in [-0.05, 0) is 47.4 Å². The zero-order chi connectivity index (χ0) is 19.3. The molecule has 4 aromatic rings. The van der Waals surface area contributed by atoms with E-state index in [1.54, 1.807) is 0 Å². The van der Waals surface area contributed by atoms with Gasteiger partial charge in [-0.15, -0.1) is 0 Å². The molecule has 4 aromatic carbocycles. The third-order valence-corrected chi connectivity index (χ3v) is 6.16. The highest BCUT2D eigenvalue weighted by Crippen LogP contribution is 2.28. The maximum absolute atomic E-state index is 13.1. The summed E-state index contributed by atoms with van der Waals surface area (Å²) in [7, 11) is -1.29. The summed E-state index contributed by atoms with van der Waals surface area (Å²) in [5.74, 6) is 0. The van der Waals surface area contributed by atoms with Crippen LogP contribution in [0.5, 0.6) is 0 Å². The normalized spacial score (nSPS) is 13.3. The average molecular weight is 386 g/mol. The first-order valence-electron chi connectivity index (χ1n) is 9.47. The molecule has 0 heterocycles. The van der Waals surface area contributed by atoms with Gasteiger partial charge in [0.2, 0.25) is 0 Å². The van der Waals surface area contributed by atoms with Crippen LogP contribution in [-0.2, 0) is 17.4 Å². The molecule has 2 nitrogen and oxygen atoms in total. The lowest BCUT2D eigenvalue weighted by Gasteiger charge is -2.21. The van der Waals surface area contributed by atoms with E-state index < -0.39 is 11.0 Å². The minimum absolute atomic E-state index is 0.0596. The number of rotatable bonds is 6. The zero-order valence-electron chi connectivity index (χ0n) is 15.8. The van der Waals surface area contributed by atoms with Crippen molar-refractivity contribution in [3.63, 3.8) is 0 Å². The molecule has 0 fully saturated rings. The van der Waals surface area contributed by atoms with Crippen molar-refractivity contribution >= 4 is 21.8 Å². The van der Waals surface area contributed by atoms with Crippen molar-refractivity contribution in [1.82, 2.24) is 4.72 Å². The zero-order valence-corrected chi connectivity index (χ0v) is 16.7. The Morgan fingerprint density at radius 3 is 2.25 bits per heavy atom. The highest BCUT2D eigenvalue weighted by Gasteiger charge is 2.18. The van der Waals surface area contributed by atoms with Crippen LogP contribution in [0.2, 0.25) is 0 Å². The highest BCUT2D eigenvalue weighted by molar-refractivity contribution is 7.83. The standard InChI is InChI=1S/C25H23NOS/c1-19-14-16-22(17-15-19)28(27)26-25(18-20-8-3-2-4-9-20)24-13-7-11-21-10-5-6-12-23(21)24/h2-17,25-26H,18H2,1H3/t25-,28?/m1/s1. The molecule has 0 amide bonds. The van der Waals surface area contributed by atoms with E-state index >= 15 is 0 Å². The van der Waals surface area contributed by atoms with Crippen molar-refractivity contribution in [3.05, 3.63) is 114 Å². The van der Waals surface area contributed by atoms with Gasteiger partial charge in [-0.1, -0.05) is 90.5 Å². The van der Waals surface area contributed by atoms with Crippen LogP contribution in [0.4, 0.5) is 0 Å². The molecule has 28 heavy (non-hydrogen) atoms. The van der Waals surface area contributed by atoms with Crippen LogP contribution in [0.1, 0.15) is 22.7 Å². The van der Waals surface area contributed by atoms with Gasteiger partial charge in [0, 0.05) is 6.04 Å². The average Bonchev–Trinajstić information content (AvgIpc) is 2.74. The van der Waals surface area contributed by atoms with Crippen molar-refractivity contribution < 1.29 is 4.21 Å². The van der Waals surface area contributed by atoms with E-state index in [2.05, 4.69) is 59.3 Å². The number of hydrogen-bond acceptors (Lipinski definition) is 1. The number of benzene rings is 4. The van der Waals surface area contributed by atoms with Gasteiger partial charge < -0.3 is 0 Å². The Hall–Kier alpha value is -2.75. The van der Waals surface area contributed by atoms with Crippen LogP contribution in [-0.4, -0.2) is 4.21 Å². The van der Waals surface area contributed by atoms with E-state index in [0.717, 1.165) is 16.9 Å². The topological polar surface area (TPSA) is 29.1 Å². The molecule has 0 bridgehead atoms. The Balaban J connectivity index is 1.71. The minimum atomic E-state index is -1.29. The Morgan fingerprint density at radius 1 is 0.786 bits per heavy atom. The lowest BCUT2D eigenvalue weighted by atomic mass is 9.95. The second-order valence-corrected chi connectivity index (χ2v) is 8.25. The van der Waals surface area contributed by atoms with E-state index in [1.165, 1.54) is 21.9 Å². The molecule has 4 rings (SSSR count). The summed E-state index contributed by atoms with van der Waals surface area (Å²) in [5.41, 5.74) is 3.55. The number of aryl methyl sites for hydroxylation is 1. The Morgan fingerprint density at radius 2 is 1.46 bits per heavy atom. The summed E-state index contributed by atoms with van der Waals surface area (Å²) in [5, 5.41) is 2.39. The van der Waals surface area contributed by atoms with Gasteiger partial charge in [0.25, 0.3) is 0 Å². The molecule has 1 N–H and O–H groups in total. The number of hydrogen-bond donors (Lipinski definition) is 1. The molecule has 0 aromatic heterocycles. The largest absolute Gasteiger partial charge is 0.237 e. The van der Waals surface area contributed by atoms with Crippen LogP contribution >= 0.6 is 0 Å². The molecule has 140 valence electrons. The van der Waals surface area contributed by atoms with Gasteiger partial charge in [-0.3, -0.25) is 0 Å². The number of fused-ring (bicyclic) bond motifs is 1. The van der Waals surface area contributed by atoms with E-state index in [4.69, 9.17) is 0 Å². The van der Waals surface area contributed by atoms with Crippen LogP contribution in [0.15, 0.2) is 102 Å². The van der Waals surface area contributed by atoms with E-state index in [9.17, 15) is 4.21 Å². The van der Waals surface area contributed by atoms with Crippen LogP contribution in [0.25, 0.3) is 10.8 Å². The SMILES string of the molecule is Cc1ccc(S(=O)N[C@H](Cc2ccccc2)c2cccc3ccccc23)cc1. The van der Waals surface area contributed by atoms with Gasteiger partial charge in [0.15, 0.2) is 0 Å². The first-order chi connectivity index (χ1) is 13.7. The van der Waals surface area contributed by atoms with Gasteiger partial charge in [0.05, 0.1) is 4.90 Å². The van der Waals surface area contributed by atoms with E-state index in [0.29, 0.717) is 0 Å². The molecule has 0 saturated carbocycles. The van der Waals surface area contributed by atoms with Crippen LogP contribution < -0.4 is 4.72 Å². The summed E-state index contributed by atoms with van der Waals surface area (Å²) >= 11 is 0. The summed E-state index contributed by atoms with van der Waals surface area (Å²) < 4.78 is 16.4. The van der Waals surface area contributed by atoms with E-state index in [1.807, 2.05) is 49.4 Å². The first kappa shape index (κ1) is 18.6. The van der Waals surface area contributed by atoms with Crippen molar-refractivity contribution in [2.75, 3.05) is 0 Å². The molecular formula is C25H23NOS. The molecule has 0 spiro atoms. The molecule has 0 saturated heterocycles. The monoisotopic (exact) mass is 385 g/mol. The summed E-state index contributed by atoms with van der Waals surface area (Å²) in [6.45, 7) is 2.04. The molecular weight excluding hydrogens is 362 g/mol. The molecule has 2 atom stereocenters. The Kier molecular flexibility index (Phi) is 5.65. The molecule has 1 unspecified atom stereocenters. The number of nitrogens with one attached hydrogen (secondary N) is 1.